The molecule has 2 aromatic rings. The molecule has 2 N–H and O–H groups in total. The number of thiophene rings is 1. The van der Waals surface area contributed by atoms with Crippen molar-refractivity contribution in [2.24, 2.45) is 0 Å². The molecule has 0 aliphatic carbocycles. The van der Waals surface area contributed by atoms with Crippen LogP contribution in [0.25, 0.3) is 0 Å². The zero-order chi connectivity index (χ0) is 15.9. The van der Waals surface area contributed by atoms with Crippen molar-refractivity contribution in [1.82, 2.24) is 20.4 Å². The summed E-state index contributed by atoms with van der Waals surface area (Å²) in [7, 11) is 0. The molecule has 0 saturated heterocycles. The van der Waals surface area contributed by atoms with Gasteiger partial charge in [0.25, 0.3) is 0 Å². The Bertz CT molecular complexity index is 553. The van der Waals surface area contributed by atoms with Crippen LogP contribution in [0.15, 0.2) is 36.0 Å². The van der Waals surface area contributed by atoms with Gasteiger partial charge in [-0.25, -0.2) is 0 Å². The molecule has 2 heterocycles. The van der Waals surface area contributed by atoms with Gasteiger partial charge in [-0.15, -0.1) is 11.3 Å². The van der Waals surface area contributed by atoms with Crippen molar-refractivity contribution in [3.8, 4) is 0 Å². The molecule has 0 fully saturated rings. The zero-order valence-corrected chi connectivity index (χ0v) is 14.1. The van der Waals surface area contributed by atoms with E-state index in [2.05, 4.69) is 41.0 Å². The summed E-state index contributed by atoms with van der Waals surface area (Å²) in [6.45, 7) is 6.73. The maximum absolute atomic E-state index is 12.1. The Morgan fingerprint density at radius 1 is 1.36 bits per heavy atom. The summed E-state index contributed by atoms with van der Waals surface area (Å²) in [6, 6.07) is 6.14. The molecular weight excluding hydrogens is 296 g/mol. The van der Waals surface area contributed by atoms with Crippen LogP contribution in [0.2, 0.25) is 0 Å². The highest BCUT2D eigenvalue weighted by atomic mass is 32.1. The Labute approximate surface area is 135 Å². The van der Waals surface area contributed by atoms with Gasteiger partial charge >= 0.3 is 0 Å². The van der Waals surface area contributed by atoms with Gasteiger partial charge in [-0.1, -0.05) is 6.07 Å². The minimum atomic E-state index is -0.226. The number of nitrogens with one attached hydrogen (secondary N) is 2. The van der Waals surface area contributed by atoms with Gasteiger partial charge in [0.15, 0.2) is 0 Å². The van der Waals surface area contributed by atoms with Gasteiger partial charge in [-0.05, 0) is 44.7 Å². The Morgan fingerprint density at radius 3 is 2.82 bits per heavy atom. The molecule has 3 atom stereocenters. The fourth-order valence-electron chi connectivity index (χ4n) is 2.28. The largest absolute Gasteiger partial charge is 0.354 e. The van der Waals surface area contributed by atoms with Crippen molar-refractivity contribution in [3.63, 3.8) is 0 Å². The smallest absolute Gasteiger partial charge is 0.236 e. The van der Waals surface area contributed by atoms with Crippen molar-refractivity contribution in [2.45, 2.75) is 45.3 Å². The number of nitrogens with zero attached hydrogens (tertiary/aromatic N) is 2. The Kier molecular flexibility index (Phi) is 6.15. The molecule has 0 bridgehead atoms. The lowest BCUT2D eigenvalue weighted by Crippen LogP contribution is -2.48. The van der Waals surface area contributed by atoms with E-state index in [1.165, 1.54) is 4.88 Å². The molecule has 0 aromatic carbocycles. The lowest BCUT2D eigenvalue weighted by atomic mass is 10.1. The Balaban J connectivity index is 1.73. The maximum atomic E-state index is 12.1. The van der Waals surface area contributed by atoms with Crippen LogP contribution in [0.3, 0.4) is 0 Å². The topological polar surface area (TPSA) is 59.0 Å². The van der Waals surface area contributed by atoms with Gasteiger partial charge < -0.3 is 10.6 Å². The van der Waals surface area contributed by atoms with E-state index in [4.69, 9.17) is 0 Å². The summed E-state index contributed by atoms with van der Waals surface area (Å²) in [4.78, 5) is 13.4. The molecule has 5 nitrogen and oxygen atoms in total. The number of hydrogen-bond acceptors (Lipinski definition) is 4. The highest BCUT2D eigenvalue weighted by Crippen LogP contribution is 2.10. The van der Waals surface area contributed by atoms with Gasteiger partial charge in [-0.2, -0.15) is 5.10 Å². The van der Waals surface area contributed by atoms with Crippen molar-refractivity contribution < 1.29 is 4.79 Å². The first-order valence-electron chi connectivity index (χ1n) is 7.63. The van der Waals surface area contributed by atoms with Crippen LogP contribution in [-0.4, -0.2) is 34.3 Å². The maximum Gasteiger partial charge on any atom is 0.236 e. The summed E-state index contributed by atoms with van der Waals surface area (Å²) in [5.41, 5.74) is 0. The third-order valence-corrected chi connectivity index (χ3v) is 4.76. The normalized spacial score (nSPS) is 15.2. The summed E-state index contributed by atoms with van der Waals surface area (Å²) in [5.74, 6) is 0.0380. The van der Waals surface area contributed by atoms with Crippen LogP contribution in [0.1, 0.15) is 31.7 Å². The van der Waals surface area contributed by atoms with Crippen molar-refractivity contribution in [2.75, 3.05) is 6.54 Å². The Hall–Kier alpha value is -1.66. The monoisotopic (exact) mass is 320 g/mol. The molecule has 1 amide bonds. The second kappa shape index (κ2) is 8.10. The standard InChI is InChI=1S/C16H24N4OS/c1-12(14(3)20-10-5-8-18-20)19-13(2)16(21)17-9-7-15-6-4-11-22-15/h4-6,8,10-14,19H,7,9H2,1-3H3,(H,17,21)/t12-,13-,14-/m0/s1. The molecule has 120 valence electrons. The number of amides is 1. The van der Waals surface area contributed by atoms with Gasteiger partial charge in [0.1, 0.15) is 0 Å². The van der Waals surface area contributed by atoms with Crippen LogP contribution in [-0.2, 0) is 11.2 Å². The summed E-state index contributed by atoms with van der Waals surface area (Å²) in [6.07, 6.45) is 4.59. The van der Waals surface area contributed by atoms with E-state index in [9.17, 15) is 4.79 Å². The van der Waals surface area contributed by atoms with Crippen molar-refractivity contribution in [1.29, 1.82) is 0 Å². The number of hydrogen-bond donors (Lipinski definition) is 2. The van der Waals surface area contributed by atoms with Crippen LogP contribution in [0, 0.1) is 0 Å². The minimum Gasteiger partial charge on any atom is -0.354 e. The van der Waals surface area contributed by atoms with Gasteiger partial charge in [0, 0.05) is 29.9 Å². The Morgan fingerprint density at radius 2 is 2.18 bits per heavy atom. The molecule has 0 spiro atoms. The molecular formula is C16H24N4OS. The first-order valence-corrected chi connectivity index (χ1v) is 8.51. The number of carbonyl (C=O) groups excluding carboxylic acids is 1. The zero-order valence-electron chi connectivity index (χ0n) is 13.3. The van der Waals surface area contributed by atoms with Crippen molar-refractivity contribution in [3.05, 3.63) is 40.8 Å². The summed E-state index contributed by atoms with van der Waals surface area (Å²) >= 11 is 1.72. The molecule has 0 aliphatic rings. The molecule has 0 radical (unpaired) electrons. The van der Waals surface area contributed by atoms with E-state index in [-0.39, 0.29) is 24.0 Å². The molecule has 0 aliphatic heterocycles. The van der Waals surface area contributed by atoms with Crippen LogP contribution in [0.5, 0.6) is 0 Å². The summed E-state index contributed by atoms with van der Waals surface area (Å²) < 4.78 is 1.90. The van der Waals surface area contributed by atoms with Gasteiger partial charge in [-0.3, -0.25) is 9.48 Å². The van der Waals surface area contributed by atoms with Gasteiger partial charge in [0.05, 0.1) is 12.1 Å². The molecule has 2 aromatic heterocycles. The lowest BCUT2D eigenvalue weighted by Gasteiger charge is -2.25. The van der Waals surface area contributed by atoms with Crippen LogP contribution in [0.4, 0.5) is 0 Å². The quantitative estimate of drug-likeness (QED) is 0.784. The molecule has 2 rings (SSSR count). The minimum absolute atomic E-state index is 0.0380. The van der Waals surface area contributed by atoms with E-state index in [0.29, 0.717) is 6.54 Å². The fourth-order valence-corrected chi connectivity index (χ4v) is 2.99. The second-order valence-electron chi connectivity index (χ2n) is 5.52. The number of rotatable bonds is 8. The van der Waals surface area contributed by atoms with E-state index >= 15 is 0 Å². The van der Waals surface area contributed by atoms with E-state index in [1.807, 2.05) is 29.9 Å². The third-order valence-electron chi connectivity index (χ3n) is 3.82. The third kappa shape index (κ3) is 4.68. The first kappa shape index (κ1) is 16.7. The predicted molar refractivity (Wildman–Crippen MR) is 90.0 cm³/mol. The number of aromatic nitrogens is 2. The average Bonchev–Trinajstić information content (AvgIpc) is 3.19. The van der Waals surface area contributed by atoms with Crippen molar-refractivity contribution >= 4 is 17.2 Å². The lowest BCUT2D eigenvalue weighted by molar-refractivity contribution is -0.122. The summed E-state index contributed by atoms with van der Waals surface area (Å²) in [5, 5.41) is 12.6. The first-order chi connectivity index (χ1) is 10.6. The van der Waals surface area contributed by atoms with E-state index < -0.39 is 0 Å². The highest BCUT2D eigenvalue weighted by Gasteiger charge is 2.20. The van der Waals surface area contributed by atoms with Crippen LogP contribution < -0.4 is 10.6 Å². The molecule has 6 heteroatoms. The fraction of sp³-hybridized carbons (Fsp3) is 0.500. The molecule has 22 heavy (non-hydrogen) atoms. The van der Waals surface area contributed by atoms with Crippen LogP contribution >= 0.6 is 11.3 Å². The van der Waals surface area contributed by atoms with Gasteiger partial charge in [0.2, 0.25) is 5.91 Å². The molecule has 0 unspecified atom stereocenters. The average molecular weight is 320 g/mol. The number of carbonyl (C=O) groups is 1. The van der Waals surface area contributed by atoms with E-state index in [0.717, 1.165) is 6.42 Å². The predicted octanol–water partition coefficient (Wildman–Crippen LogP) is 2.23. The molecule has 0 saturated carbocycles. The second-order valence-corrected chi connectivity index (χ2v) is 6.56. The highest BCUT2D eigenvalue weighted by molar-refractivity contribution is 7.09. The van der Waals surface area contributed by atoms with E-state index in [1.54, 1.807) is 17.5 Å². The SMILES string of the molecule is C[C@H](N[C@@H](C)[C@H](C)n1cccn1)C(=O)NCCc1cccs1.